The molecule has 0 aliphatic rings. The van der Waals surface area contributed by atoms with E-state index in [9.17, 15) is 0 Å². The van der Waals surface area contributed by atoms with Crippen LogP contribution in [0.3, 0.4) is 0 Å². The first kappa shape index (κ1) is 15.6. The summed E-state index contributed by atoms with van der Waals surface area (Å²) < 4.78 is 6.14. The van der Waals surface area contributed by atoms with Gasteiger partial charge >= 0.3 is 0 Å². The number of nitrogens with zero attached hydrogens (tertiary/aromatic N) is 4. The van der Waals surface area contributed by atoms with Gasteiger partial charge in [0.15, 0.2) is 4.34 Å². The number of aryl methyl sites for hydroxylation is 1. The van der Waals surface area contributed by atoms with Crippen molar-refractivity contribution in [2.24, 2.45) is 0 Å². The van der Waals surface area contributed by atoms with Crippen LogP contribution in [0.5, 0.6) is 0 Å². The molecular formula is C15H13N5OS3. The van der Waals surface area contributed by atoms with Gasteiger partial charge in [0.25, 0.3) is 0 Å². The average molecular weight is 376 g/mol. The van der Waals surface area contributed by atoms with Gasteiger partial charge in [-0.3, -0.25) is 0 Å². The van der Waals surface area contributed by atoms with E-state index in [1.165, 1.54) is 28.0 Å². The zero-order chi connectivity index (χ0) is 16.4. The number of aromatic nitrogens is 4. The van der Waals surface area contributed by atoms with E-state index in [0.29, 0.717) is 6.54 Å². The molecule has 0 saturated heterocycles. The first-order valence-corrected chi connectivity index (χ1v) is 9.78. The smallest absolute Gasteiger partial charge is 0.206 e. The summed E-state index contributed by atoms with van der Waals surface area (Å²) in [6.45, 7) is 2.74. The van der Waals surface area contributed by atoms with Crippen LogP contribution in [-0.4, -0.2) is 20.2 Å². The Hall–Kier alpha value is -1.97. The Kier molecular flexibility index (Phi) is 4.46. The summed E-state index contributed by atoms with van der Waals surface area (Å²) in [5, 5.41) is 14.4. The molecule has 4 aromatic heterocycles. The summed E-state index contributed by atoms with van der Waals surface area (Å²) in [7, 11) is 0. The summed E-state index contributed by atoms with van der Waals surface area (Å²) in [6.07, 6.45) is 4.27. The molecule has 4 heterocycles. The van der Waals surface area contributed by atoms with E-state index < -0.39 is 0 Å². The molecule has 0 fully saturated rings. The normalized spacial score (nSPS) is 11.2. The third-order valence-corrected chi connectivity index (χ3v) is 6.41. The molecule has 24 heavy (non-hydrogen) atoms. The van der Waals surface area contributed by atoms with Crippen molar-refractivity contribution >= 4 is 49.8 Å². The Morgan fingerprint density at radius 1 is 1.25 bits per heavy atom. The summed E-state index contributed by atoms with van der Waals surface area (Å²) in [4.78, 5) is 11.1. The number of hydrogen-bond acceptors (Lipinski definition) is 9. The lowest BCUT2D eigenvalue weighted by molar-refractivity contribution is 0.518. The fourth-order valence-electron chi connectivity index (χ4n) is 2.12. The molecule has 0 bridgehead atoms. The third kappa shape index (κ3) is 3.28. The van der Waals surface area contributed by atoms with Gasteiger partial charge in [-0.05, 0) is 36.4 Å². The maximum absolute atomic E-state index is 5.29. The van der Waals surface area contributed by atoms with Crippen LogP contribution < -0.4 is 5.32 Å². The molecule has 1 N–H and O–H groups in total. The van der Waals surface area contributed by atoms with Crippen LogP contribution >= 0.6 is 34.4 Å². The average Bonchev–Trinajstić information content (AvgIpc) is 3.33. The van der Waals surface area contributed by atoms with E-state index in [2.05, 4.69) is 38.5 Å². The summed E-state index contributed by atoms with van der Waals surface area (Å²) in [5.41, 5.74) is 0. The third-order valence-electron chi connectivity index (χ3n) is 3.28. The summed E-state index contributed by atoms with van der Waals surface area (Å²) >= 11 is 4.74. The minimum atomic E-state index is 0.592. The largest absolute Gasteiger partial charge is 0.467 e. The van der Waals surface area contributed by atoms with Gasteiger partial charge < -0.3 is 9.73 Å². The molecule has 4 aromatic rings. The molecule has 0 aromatic carbocycles. The fourth-order valence-corrected chi connectivity index (χ4v) is 4.85. The van der Waals surface area contributed by atoms with Crippen molar-refractivity contribution in [1.82, 2.24) is 20.2 Å². The molecule has 0 radical (unpaired) electrons. The van der Waals surface area contributed by atoms with Crippen LogP contribution in [0.15, 0.2) is 44.6 Å². The highest BCUT2D eigenvalue weighted by Crippen LogP contribution is 2.36. The van der Waals surface area contributed by atoms with E-state index in [1.54, 1.807) is 23.9 Å². The van der Waals surface area contributed by atoms with Crippen molar-refractivity contribution in [2.75, 3.05) is 5.32 Å². The molecule has 122 valence electrons. The van der Waals surface area contributed by atoms with Crippen molar-refractivity contribution in [3.05, 3.63) is 41.4 Å². The standard InChI is InChI=1S/C15H13N5OS3/c1-2-10-6-11-12(22-10)17-8-18-13(11)23-15-20-19-14(24-15)16-7-9-4-3-5-21-9/h3-6,8H,2,7H2,1H3,(H,16,19). The second-order valence-electron chi connectivity index (χ2n) is 4.87. The second kappa shape index (κ2) is 6.88. The van der Waals surface area contributed by atoms with E-state index in [4.69, 9.17) is 4.42 Å². The predicted octanol–water partition coefficient (Wildman–Crippen LogP) is 4.46. The minimum absolute atomic E-state index is 0.592. The molecule has 0 aliphatic carbocycles. The Labute approximate surface area is 150 Å². The van der Waals surface area contributed by atoms with Crippen LogP contribution in [0.2, 0.25) is 0 Å². The van der Waals surface area contributed by atoms with Crippen molar-refractivity contribution in [1.29, 1.82) is 0 Å². The minimum Gasteiger partial charge on any atom is -0.467 e. The Balaban J connectivity index is 1.50. The van der Waals surface area contributed by atoms with Crippen LogP contribution in [0.25, 0.3) is 10.2 Å². The molecular weight excluding hydrogens is 362 g/mol. The molecule has 0 unspecified atom stereocenters. The van der Waals surface area contributed by atoms with Gasteiger partial charge in [0, 0.05) is 10.3 Å². The number of thiophene rings is 1. The Bertz CT molecular complexity index is 947. The molecule has 9 heteroatoms. The van der Waals surface area contributed by atoms with Gasteiger partial charge in [-0.2, -0.15) is 0 Å². The lowest BCUT2D eigenvalue weighted by Gasteiger charge is -1.98. The Morgan fingerprint density at radius 3 is 3.04 bits per heavy atom. The van der Waals surface area contributed by atoms with E-state index >= 15 is 0 Å². The topological polar surface area (TPSA) is 76.7 Å². The summed E-state index contributed by atoms with van der Waals surface area (Å²) in [6, 6.07) is 5.95. The van der Waals surface area contributed by atoms with Gasteiger partial charge in [0.1, 0.15) is 21.9 Å². The van der Waals surface area contributed by atoms with Crippen LogP contribution in [0.1, 0.15) is 17.6 Å². The highest BCUT2D eigenvalue weighted by Gasteiger charge is 2.12. The zero-order valence-electron chi connectivity index (χ0n) is 12.7. The fraction of sp³-hybridized carbons (Fsp3) is 0.200. The number of rotatable bonds is 6. The maximum Gasteiger partial charge on any atom is 0.206 e. The molecule has 0 atom stereocenters. The van der Waals surface area contributed by atoms with Gasteiger partial charge in [-0.15, -0.1) is 21.5 Å². The molecule has 4 rings (SSSR count). The van der Waals surface area contributed by atoms with Gasteiger partial charge in [0.05, 0.1) is 12.8 Å². The van der Waals surface area contributed by atoms with Crippen molar-refractivity contribution < 1.29 is 4.42 Å². The van der Waals surface area contributed by atoms with Gasteiger partial charge in [0.2, 0.25) is 5.13 Å². The lowest BCUT2D eigenvalue weighted by atomic mass is 10.3. The van der Waals surface area contributed by atoms with Gasteiger partial charge in [-0.25, -0.2) is 9.97 Å². The van der Waals surface area contributed by atoms with Gasteiger partial charge in [-0.1, -0.05) is 18.3 Å². The molecule has 6 nitrogen and oxygen atoms in total. The highest BCUT2D eigenvalue weighted by molar-refractivity contribution is 8.01. The first-order valence-electron chi connectivity index (χ1n) is 7.33. The number of nitrogens with one attached hydrogen (secondary N) is 1. The number of anilines is 1. The number of fused-ring (bicyclic) bond motifs is 1. The van der Waals surface area contributed by atoms with E-state index in [0.717, 1.165) is 36.9 Å². The molecule has 0 aliphatic heterocycles. The predicted molar refractivity (Wildman–Crippen MR) is 96.9 cm³/mol. The summed E-state index contributed by atoms with van der Waals surface area (Å²) in [5.74, 6) is 0.863. The van der Waals surface area contributed by atoms with Crippen LogP contribution in [0.4, 0.5) is 5.13 Å². The highest BCUT2D eigenvalue weighted by atomic mass is 32.2. The van der Waals surface area contributed by atoms with E-state index in [1.807, 2.05) is 12.1 Å². The lowest BCUT2D eigenvalue weighted by Crippen LogP contribution is -1.96. The monoisotopic (exact) mass is 375 g/mol. The van der Waals surface area contributed by atoms with Crippen molar-refractivity contribution in [3.8, 4) is 0 Å². The zero-order valence-corrected chi connectivity index (χ0v) is 15.2. The SMILES string of the molecule is CCc1cc2c(Sc3nnc(NCc4ccco4)s3)ncnc2s1. The second-order valence-corrected chi connectivity index (χ2v) is 8.20. The van der Waals surface area contributed by atoms with Crippen LogP contribution in [0, 0.1) is 0 Å². The maximum atomic E-state index is 5.29. The number of furan rings is 1. The van der Waals surface area contributed by atoms with Crippen molar-refractivity contribution in [2.45, 2.75) is 29.3 Å². The number of hydrogen-bond donors (Lipinski definition) is 1. The van der Waals surface area contributed by atoms with Crippen LogP contribution in [-0.2, 0) is 13.0 Å². The molecule has 0 spiro atoms. The molecule has 0 amide bonds. The molecule has 0 saturated carbocycles. The Morgan fingerprint density at radius 2 is 2.21 bits per heavy atom. The quantitative estimate of drug-likeness (QED) is 0.498. The van der Waals surface area contributed by atoms with E-state index in [-0.39, 0.29) is 0 Å². The first-order chi connectivity index (χ1) is 11.8. The van der Waals surface area contributed by atoms with Crippen molar-refractivity contribution in [3.63, 3.8) is 0 Å².